The van der Waals surface area contributed by atoms with E-state index in [1.807, 2.05) is 22.9 Å². The molecule has 1 fully saturated rings. The van der Waals surface area contributed by atoms with Crippen LogP contribution in [0, 0.1) is 0 Å². The van der Waals surface area contributed by atoms with E-state index in [1.165, 1.54) is 21.0 Å². The van der Waals surface area contributed by atoms with Crippen LogP contribution in [-0.4, -0.2) is 55.3 Å². The highest BCUT2D eigenvalue weighted by molar-refractivity contribution is 8.19. The summed E-state index contributed by atoms with van der Waals surface area (Å²) in [6.07, 6.45) is 13.8. The summed E-state index contributed by atoms with van der Waals surface area (Å²) in [7, 11) is 0.0592. The van der Waals surface area contributed by atoms with Gasteiger partial charge >= 0.3 is 0 Å². The van der Waals surface area contributed by atoms with Crippen molar-refractivity contribution in [2.75, 3.05) is 24.4 Å². The number of anilines is 1. The summed E-state index contributed by atoms with van der Waals surface area (Å²) < 4.78 is 1.85. The third-order valence-electron chi connectivity index (χ3n) is 6.06. The van der Waals surface area contributed by atoms with Crippen LogP contribution in [0.4, 0.5) is 5.69 Å². The predicted octanol–water partition coefficient (Wildman–Crippen LogP) is 2.96. The quantitative estimate of drug-likeness (QED) is 0.742. The molecule has 0 radical (unpaired) electrons. The standard InChI is InChI=1S/C21H22ClN7S/c1-30-19-8-4-5-15(19)16-9-26(18-7-3-2-6-17(18)22)10-20-28(21(16)30)13-25-29(20)14-27-12-23-11-24-27/h2-4,6-9,11-12,20,25H,5,10,13-14H2,1H3. The van der Waals surface area contributed by atoms with Gasteiger partial charge in [-0.15, -0.1) is 10.5 Å². The molecule has 9 heteroatoms. The SMILES string of the molecule is CS1=C2C(=CN(c3ccccc3Cl)CC3N(Cn4cncn4)NCN23)C2=C1C=CC2. The Labute approximate surface area is 182 Å². The Balaban J connectivity index is 1.45. The largest absolute Gasteiger partial charge is 0.343 e. The fraction of sp³-hybridized carbons (Fsp3) is 0.286. The number of aromatic nitrogens is 3. The van der Waals surface area contributed by atoms with Crippen molar-refractivity contribution in [1.29, 1.82) is 0 Å². The van der Waals surface area contributed by atoms with Gasteiger partial charge in [-0.25, -0.2) is 25.0 Å². The maximum atomic E-state index is 6.62. The van der Waals surface area contributed by atoms with E-state index in [0.717, 1.165) is 30.3 Å². The van der Waals surface area contributed by atoms with Crippen molar-refractivity contribution in [3.05, 3.63) is 76.3 Å². The maximum Gasteiger partial charge on any atom is 0.137 e. The molecule has 0 saturated carbocycles. The van der Waals surface area contributed by atoms with Crippen molar-refractivity contribution in [1.82, 2.24) is 30.1 Å². The first-order valence-electron chi connectivity index (χ1n) is 9.96. The Hall–Kier alpha value is -2.23. The van der Waals surface area contributed by atoms with E-state index in [0.29, 0.717) is 6.67 Å². The first-order valence-corrected chi connectivity index (χ1v) is 12.0. The van der Waals surface area contributed by atoms with E-state index >= 15 is 0 Å². The minimum Gasteiger partial charge on any atom is -0.343 e. The Kier molecular flexibility index (Phi) is 4.43. The minimum absolute atomic E-state index is 0.0592. The van der Waals surface area contributed by atoms with Crippen LogP contribution in [0.1, 0.15) is 6.42 Å². The zero-order valence-corrected chi connectivity index (χ0v) is 18.1. The number of hydrogen-bond acceptors (Lipinski definition) is 6. The molecule has 1 saturated heterocycles. The number of hydrazine groups is 1. The van der Waals surface area contributed by atoms with Gasteiger partial charge in [0.15, 0.2) is 0 Å². The fourth-order valence-corrected chi connectivity index (χ4v) is 7.03. The first-order chi connectivity index (χ1) is 14.7. The number of allylic oxidation sites excluding steroid dienone is 2. The molecule has 30 heavy (non-hydrogen) atoms. The van der Waals surface area contributed by atoms with E-state index in [-0.39, 0.29) is 16.6 Å². The van der Waals surface area contributed by atoms with Gasteiger partial charge in [0.25, 0.3) is 0 Å². The molecule has 1 aromatic heterocycles. The van der Waals surface area contributed by atoms with Crippen molar-refractivity contribution in [2.24, 2.45) is 0 Å². The van der Waals surface area contributed by atoms with Crippen molar-refractivity contribution in [2.45, 2.75) is 19.3 Å². The maximum absolute atomic E-state index is 6.62. The number of nitrogens with zero attached hydrogens (tertiary/aromatic N) is 6. The van der Waals surface area contributed by atoms with Gasteiger partial charge in [-0.05, 0) is 30.4 Å². The van der Waals surface area contributed by atoms with Crippen LogP contribution < -0.4 is 10.3 Å². The highest BCUT2D eigenvalue weighted by atomic mass is 35.5. The Bertz CT molecular complexity index is 1130. The van der Waals surface area contributed by atoms with Crippen LogP contribution in [0.3, 0.4) is 0 Å². The van der Waals surface area contributed by atoms with E-state index in [4.69, 9.17) is 11.6 Å². The van der Waals surface area contributed by atoms with Gasteiger partial charge in [0.05, 0.1) is 28.9 Å². The lowest BCUT2D eigenvalue weighted by molar-refractivity contribution is 0.109. The number of para-hydroxylation sites is 1. The number of halogens is 1. The highest BCUT2D eigenvalue weighted by Gasteiger charge is 2.43. The van der Waals surface area contributed by atoms with Crippen molar-refractivity contribution < 1.29 is 0 Å². The number of rotatable bonds is 3. The van der Waals surface area contributed by atoms with Gasteiger partial charge in [-0.3, -0.25) is 0 Å². The van der Waals surface area contributed by atoms with Crippen LogP contribution in [0.25, 0.3) is 0 Å². The molecule has 6 rings (SSSR count). The predicted molar refractivity (Wildman–Crippen MR) is 122 cm³/mol. The number of nitrogens with one attached hydrogen (secondary N) is 1. The molecule has 0 bridgehead atoms. The molecule has 1 aliphatic carbocycles. The van der Waals surface area contributed by atoms with Crippen molar-refractivity contribution >= 4 is 32.8 Å². The molecule has 7 nitrogen and oxygen atoms in total. The van der Waals surface area contributed by atoms with Crippen LogP contribution in [0.5, 0.6) is 0 Å². The molecular formula is C21H22ClN7S. The molecule has 2 atom stereocenters. The van der Waals surface area contributed by atoms with E-state index in [1.54, 1.807) is 12.7 Å². The molecule has 0 amide bonds. The molecule has 4 heterocycles. The normalized spacial score (nSPS) is 26.1. The molecule has 4 aliphatic rings. The highest BCUT2D eigenvalue weighted by Crippen LogP contribution is 2.48. The average molecular weight is 440 g/mol. The smallest absolute Gasteiger partial charge is 0.137 e. The molecule has 2 aromatic rings. The number of hydrogen-bond donors (Lipinski definition) is 1. The third-order valence-corrected chi connectivity index (χ3v) is 8.46. The summed E-state index contributed by atoms with van der Waals surface area (Å²) in [4.78, 5) is 11.8. The van der Waals surface area contributed by atoms with Crippen LogP contribution >= 0.6 is 22.1 Å². The lowest BCUT2D eigenvalue weighted by Gasteiger charge is -2.31. The van der Waals surface area contributed by atoms with Crippen LogP contribution in [-0.2, 0) is 6.67 Å². The molecule has 2 unspecified atom stereocenters. The second kappa shape index (κ2) is 7.18. The number of fused-ring (bicyclic) bond motifs is 4. The summed E-state index contributed by atoms with van der Waals surface area (Å²) in [5.74, 6) is 0. The van der Waals surface area contributed by atoms with Gasteiger partial charge in [0.1, 0.15) is 25.5 Å². The van der Waals surface area contributed by atoms with Gasteiger partial charge in [0.2, 0.25) is 0 Å². The second-order valence-corrected chi connectivity index (χ2v) is 9.98. The van der Waals surface area contributed by atoms with E-state index in [2.05, 4.69) is 61.0 Å². The summed E-state index contributed by atoms with van der Waals surface area (Å²) in [5, 5.41) is 7.31. The average Bonchev–Trinajstić information content (AvgIpc) is 3.51. The first kappa shape index (κ1) is 18.5. The van der Waals surface area contributed by atoms with Crippen molar-refractivity contribution in [3.8, 4) is 0 Å². The lowest BCUT2D eigenvalue weighted by atomic mass is 10.1. The number of benzene rings is 1. The third kappa shape index (κ3) is 2.83. The summed E-state index contributed by atoms with van der Waals surface area (Å²) in [6.45, 7) is 2.21. The monoisotopic (exact) mass is 439 g/mol. The van der Waals surface area contributed by atoms with E-state index < -0.39 is 0 Å². The molecule has 0 spiro atoms. The van der Waals surface area contributed by atoms with Crippen molar-refractivity contribution in [3.63, 3.8) is 0 Å². The lowest BCUT2D eigenvalue weighted by Crippen LogP contribution is -2.48. The second-order valence-electron chi connectivity index (χ2n) is 7.72. The molecule has 1 N–H and O–H groups in total. The zero-order chi connectivity index (χ0) is 20.2. The van der Waals surface area contributed by atoms with E-state index in [9.17, 15) is 0 Å². The summed E-state index contributed by atoms with van der Waals surface area (Å²) in [5.41, 5.74) is 7.44. The van der Waals surface area contributed by atoms with Gasteiger partial charge in [-0.2, -0.15) is 5.10 Å². The summed E-state index contributed by atoms with van der Waals surface area (Å²) >= 11 is 6.62. The topological polar surface area (TPSA) is 52.5 Å². The molecular weight excluding hydrogens is 418 g/mol. The molecule has 3 aliphatic heterocycles. The Morgan fingerprint density at radius 2 is 2.20 bits per heavy atom. The van der Waals surface area contributed by atoms with Crippen LogP contribution in [0.15, 0.2) is 71.3 Å². The zero-order valence-electron chi connectivity index (χ0n) is 16.6. The Morgan fingerprint density at radius 1 is 1.30 bits per heavy atom. The molecule has 154 valence electrons. The van der Waals surface area contributed by atoms with Gasteiger partial charge < -0.3 is 4.90 Å². The summed E-state index contributed by atoms with van der Waals surface area (Å²) in [6, 6.07) is 8.09. The Morgan fingerprint density at radius 3 is 3.03 bits per heavy atom. The van der Waals surface area contributed by atoms with Crippen LogP contribution in [0.2, 0.25) is 5.02 Å². The van der Waals surface area contributed by atoms with Gasteiger partial charge in [0, 0.05) is 16.7 Å². The fourth-order valence-electron chi connectivity index (χ4n) is 4.67. The molecule has 1 aromatic carbocycles. The minimum atomic E-state index is 0.0592. The van der Waals surface area contributed by atoms with Gasteiger partial charge in [-0.1, -0.05) is 35.9 Å².